The van der Waals surface area contributed by atoms with Crippen molar-refractivity contribution in [1.82, 2.24) is 14.3 Å². The first-order chi connectivity index (χ1) is 14.8. The maximum absolute atomic E-state index is 13.2. The lowest BCUT2D eigenvalue weighted by molar-refractivity contribution is -0.127. The van der Waals surface area contributed by atoms with Crippen LogP contribution in [0.4, 0.5) is 0 Å². The number of methoxy groups -OCH3 is 1. The zero-order chi connectivity index (χ0) is 21.8. The third-order valence-corrected chi connectivity index (χ3v) is 9.76. The van der Waals surface area contributed by atoms with Crippen molar-refractivity contribution >= 4 is 16.1 Å². The number of hydrogen-bond acceptors (Lipinski definition) is 4. The number of hydrogen-bond donors (Lipinski definition) is 2. The average Bonchev–Trinajstić information content (AvgIpc) is 2.73. The van der Waals surface area contributed by atoms with Crippen LogP contribution in [0, 0.1) is 23.2 Å². The molecule has 0 unspecified atom stereocenters. The normalized spacial score (nSPS) is 38.7. The van der Waals surface area contributed by atoms with E-state index in [0.29, 0.717) is 18.7 Å². The standard InChI is InChI=1S/C23H33N3O4S/c1-26-21(10-20(25-31(26,28)29)18-4-3-5-19(9-18)30-2)22(27)24-14-23-11-15-6-16(12-23)8-17(7-15)13-23/h3-5,9,15-17,20-21,25H,6-8,10-14H2,1-2H3,(H,24,27)/t15?,16?,17?,20-,21-,23?/m0/s1. The van der Waals surface area contributed by atoms with Crippen LogP contribution in [0.1, 0.15) is 56.6 Å². The third kappa shape index (κ3) is 3.98. The molecule has 0 aromatic heterocycles. The van der Waals surface area contributed by atoms with Crippen LogP contribution in [-0.4, -0.2) is 45.4 Å². The van der Waals surface area contributed by atoms with Crippen LogP contribution < -0.4 is 14.8 Å². The van der Waals surface area contributed by atoms with Crippen LogP contribution >= 0.6 is 0 Å². The van der Waals surface area contributed by atoms with Crippen molar-refractivity contribution in [2.24, 2.45) is 23.2 Å². The molecule has 2 atom stereocenters. The van der Waals surface area contributed by atoms with Gasteiger partial charge in [-0.25, -0.2) is 0 Å². The van der Waals surface area contributed by atoms with Gasteiger partial charge in [0, 0.05) is 13.6 Å². The Bertz CT molecular complexity index is 928. The molecule has 4 bridgehead atoms. The summed E-state index contributed by atoms with van der Waals surface area (Å²) in [5, 5.41) is 3.17. The fourth-order valence-corrected chi connectivity index (χ4v) is 8.36. The van der Waals surface area contributed by atoms with E-state index in [0.717, 1.165) is 23.3 Å². The number of benzene rings is 1. The summed E-state index contributed by atoms with van der Waals surface area (Å²) in [6.45, 7) is 0.678. The van der Waals surface area contributed by atoms with Gasteiger partial charge in [-0.1, -0.05) is 12.1 Å². The second kappa shape index (κ2) is 7.74. The number of amides is 1. The second-order valence-electron chi connectivity index (χ2n) is 10.4. The summed E-state index contributed by atoms with van der Waals surface area (Å²) in [6.07, 6.45) is 8.12. The molecule has 6 rings (SSSR count). The fourth-order valence-electron chi connectivity index (χ4n) is 7.08. The van der Waals surface area contributed by atoms with Crippen molar-refractivity contribution in [2.75, 3.05) is 20.7 Å². The van der Waals surface area contributed by atoms with Gasteiger partial charge in [0.1, 0.15) is 11.8 Å². The molecule has 5 aliphatic rings. The maximum Gasteiger partial charge on any atom is 0.280 e. The molecule has 0 spiro atoms. The van der Waals surface area contributed by atoms with Gasteiger partial charge >= 0.3 is 0 Å². The lowest BCUT2D eigenvalue weighted by Gasteiger charge is -2.57. The largest absolute Gasteiger partial charge is 0.497 e. The van der Waals surface area contributed by atoms with Crippen molar-refractivity contribution in [2.45, 2.75) is 57.0 Å². The molecule has 0 radical (unpaired) electrons. The molecule has 8 heteroatoms. The first-order valence-electron chi connectivity index (χ1n) is 11.4. The molecule has 4 saturated carbocycles. The molecular formula is C23H33N3O4S. The Hall–Kier alpha value is -1.64. The van der Waals surface area contributed by atoms with E-state index in [1.54, 1.807) is 7.11 Å². The van der Waals surface area contributed by atoms with Gasteiger partial charge in [0.25, 0.3) is 10.2 Å². The highest BCUT2D eigenvalue weighted by molar-refractivity contribution is 7.87. The van der Waals surface area contributed by atoms with E-state index in [9.17, 15) is 13.2 Å². The van der Waals surface area contributed by atoms with Crippen molar-refractivity contribution in [3.05, 3.63) is 29.8 Å². The van der Waals surface area contributed by atoms with Crippen LogP contribution in [0.15, 0.2) is 24.3 Å². The first-order valence-corrected chi connectivity index (χ1v) is 12.9. The molecule has 1 heterocycles. The van der Waals surface area contributed by atoms with E-state index < -0.39 is 22.3 Å². The minimum Gasteiger partial charge on any atom is -0.497 e. The Kier molecular flexibility index (Phi) is 5.30. The Labute approximate surface area is 185 Å². The van der Waals surface area contributed by atoms with Crippen LogP contribution in [0.25, 0.3) is 0 Å². The molecule has 7 nitrogen and oxygen atoms in total. The minimum atomic E-state index is -3.75. The number of carbonyl (C=O) groups excluding carboxylic acids is 1. The second-order valence-corrected chi connectivity index (χ2v) is 12.1. The van der Waals surface area contributed by atoms with E-state index in [1.807, 2.05) is 24.3 Å². The van der Waals surface area contributed by atoms with E-state index in [4.69, 9.17) is 4.74 Å². The quantitative estimate of drug-likeness (QED) is 0.726. The number of likely N-dealkylation sites (N-methyl/N-ethyl adjacent to an activating group) is 1. The van der Waals surface area contributed by atoms with Gasteiger partial charge in [0.15, 0.2) is 0 Å². The van der Waals surface area contributed by atoms with Crippen molar-refractivity contribution in [1.29, 1.82) is 0 Å². The van der Waals surface area contributed by atoms with Gasteiger partial charge in [0.2, 0.25) is 5.91 Å². The molecular weight excluding hydrogens is 414 g/mol. The summed E-state index contributed by atoms with van der Waals surface area (Å²) >= 11 is 0. The van der Waals surface area contributed by atoms with Gasteiger partial charge < -0.3 is 10.1 Å². The lowest BCUT2D eigenvalue weighted by atomic mass is 9.49. The monoisotopic (exact) mass is 447 g/mol. The van der Waals surface area contributed by atoms with Gasteiger partial charge in [-0.2, -0.15) is 17.4 Å². The number of nitrogens with zero attached hydrogens (tertiary/aromatic N) is 1. The highest BCUT2D eigenvalue weighted by Crippen LogP contribution is 2.59. The molecule has 1 saturated heterocycles. The third-order valence-electron chi connectivity index (χ3n) is 8.17. The van der Waals surface area contributed by atoms with Crippen LogP contribution in [0.3, 0.4) is 0 Å². The maximum atomic E-state index is 13.2. The van der Waals surface area contributed by atoms with Crippen molar-refractivity contribution in [3.8, 4) is 5.75 Å². The topological polar surface area (TPSA) is 87.7 Å². The molecule has 1 aromatic carbocycles. The number of carbonyl (C=O) groups is 1. The number of ether oxygens (including phenoxy) is 1. The highest BCUT2D eigenvalue weighted by Gasteiger charge is 2.51. The van der Waals surface area contributed by atoms with Crippen LogP contribution in [0.2, 0.25) is 0 Å². The summed E-state index contributed by atoms with van der Waals surface area (Å²) in [5.41, 5.74) is 1.02. The van der Waals surface area contributed by atoms with E-state index >= 15 is 0 Å². The zero-order valence-electron chi connectivity index (χ0n) is 18.3. The zero-order valence-corrected chi connectivity index (χ0v) is 19.2. The average molecular weight is 448 g/mol. The van der Waals surface area contributed by atoms with Gasteiger partial charge in [-0.15, -0.1) is 0 Å². The lowest BCUT2D eigenvalue weighted by Crippen LogP contribution is -2.58. The van der Waals surface area contributed by atoms with E-state index in [-0.39, 0.29) is 11.3 Å². The number of nitrogens with one attached hydrogen (secondary N) is 2. The van der Waals surface area contributed by atoms with E-state index in [1.165, 1.54) is 49.9 Å². The highest BCUT2D eigenvalue weighted by atomic mass is 32.2. The predicted molar refractivity (Wildman–Crippen MR) is 118 cm³/mol. The molecule has 31 heavy (non-hydrogen) atoms. The molecule has 1 aromatic rings. The minimum absolute atomic E-state index is 0.184. The molecule has 1 aliphatic heterocycles. The van der Waals surface area contributed by atoms with E-state index in [2.05, 4.69) is 10.0 Å². The summed E-state index contributed by atoms with van der Waals surface area (Å²) in [4.78, 5) is 13.2. The number of rotatable bonds is 5. The molecule has 1 amide bonds. The molecule has 2 N–H and O–H groups in total. The first kappa shape index (κ1) is 21.2. The van der Waals surface area contributed by atoms with Crippen LogP contribution in [-0.2, 0) is 15.0 Å². The Morgan fingerprint density at radius 2 is 1.81 bits per heavy atom. The molecule has 170 valence electrons. The SMILES string of the molecule is COc1cccc([C@@H]2C[C@@H](C(=O)NCC34CC5CC(CC(C5)C3)C4)N(C)S(=O)(=O)N2)c1. The van der Waals surface area contributed by atoms with Gasteiger partial charge in [-0.05, 0) is 85.8 Å². The van der Waals surface area contributed by atoms with Crippen molar-refractivity contribution in [3.63, 3.8) is 0 Å². The summed E-state index contributed by atoms with van der Waals surface area (Å²) in [5.74, 6) is 2.95. The Balaban J connectivity index is 1.30. The Morgan fingerprint density at radius 3 is 2.42 bits per heavy atom. The Morgan fingerprint density at radius 1 is 1.16 bits per heavy atom. The van der Waals surface area contributed by atoms with Gasteiger partial charge in [-0.3, -0.25) is 4.79 Å². The summed E-state index contributed by atoms with van der Waals surface area (Å²) in [7, 11) is -0.687. The molecule has 5 fully saturated rings. The van der Waals surface area contributed by atoms with Crippen molar-refractivity contribution < 1.29 is 17.9 Å². The summed E-state index contributed by atoms with van der Waals surface area (Å²) in [6, 6.07) is 6.16. The van der Waals surface area contributed by atoms with Gasteiger partial charge in [0.05, 0.1) is 13.2 Å². The summed E-state index contributed by atoms with van der Waals surface area (Å²) < 4.78 is 34.7. The smallest absolute Gasteiger partial charge is 0.280 e. The fraction of sp³-hybridized carbons (Fsp3) is 0.696. The predicted octanol–water partition coefficient (Wildman–Crippen LogP) is 2.61. The molecule has 4 aliphatic carbocycles. The van der Waals surface area contributed by atoms with Crippen LogP contribution in [0.5, 0.6) is 5.75 Å².